The van der Waals surface area contributed by atoms with Crippen LogP contribution < -0.4 is 5.32 Å². The van der Waals surface area contributed by atoms with Gasteiger partial charge in [-0.2, -0.15) is 24.1 Å². The summed E-state index contributed by atoms with van der Waals surface area (Å²) in [6.45, 7) is 7.82. The van der Waals surface area contributed by atoms with E-state index in [9.17, 15) is 4.79 Å². The van der Waals surface area contributed by atoms with Gasteiger partial charge in [-0.3, -0.25) is 4.79 Å². The molecule has 0 bridgehead atoms. The van der Waals surface area contributed by atoms with Crippen LogP contribution in [-0.2, 0) is 37.5 Å². The molecule has 0 aliphatic carbocycles. The van der Waals surface area contributed by atoms with E-state index in [1.807, 2.05) is 54.6 Å². The van der Waals surface area contributed by atoms with E-state index in [1.165, 1.54) is 0 Å². The predicted octanol–water partition coefficient (Wildman–Crippen LogP) is 3.42. The predicted molar refractivity (Wildman–Crippen MR) is 74.1 cm³/mol. The maximum Gasteiger partial charge on any atom is 0.190 e. The molecular formula is C16H15NOY-2. The zero-order chi connectivity index (χ0) is 13.0. The quantitative estimate of drug-likeness (QED) is 0.861. The number of rotatable bonds is 3. The molecule has 0 saturated carbocycles. The second kappa shape index (κ2) is 7.47. The van der Waals surface area contributed by atoms with E-state index in [0.29, 0.717) is 0 Å². The summed E-state index contributed by atoms with van der Waals surface area (Å²) in [5.41, 5.74) is 2.46. The van der Waals surface area contributed by atoms with Crippen LogP contribution in [0.15, 0.2) is 54.6 Å². The first kappa shape index (κ1) is 15.9. The molecule has 0 aromatic heterocycles. The number of amides is 1. The maximum absolute atomic E-state index is 12.1. The number of carbonyl (C=O) groups excluding carboxylic acids is 1. The Hall–Kier alpha value is -1.12. The molecule has 2 aromatic rings. The first-order chi connectivity index (χ1) is 8.68. The first-order valence-corrected chi connectivity index (χ1v) is 5.78. The van der Waals surface area contributed by atoms with Gasteiger partial charge in [-0.1, -0.05) is 24.3 Å². The van der Waals surface area contributed by atoms with Gasteiger partial charge < -0.3 is 12.2 Å². The number of anilines is 1. The standard InChI is InChI=1S/C16H15NO.Y/c1-12-8-6-7-11-15(12)13(2)16(18)17-14-9-4-3-5-10-14;/h3-11,13H,1-2H2,(H,17,18);/q-2;. The van der Waals surface area contributed by atoms with E-state index >= 15 is 0 Å². The third-order valence-corrected chi connectivity index (χ3v) is 2.79. The van der Waals surface area contributed by atoms with Crippen molar-refractivity contribution in [3.8, 4) is 0 Å². The zero-order valence-corrected chi connectivity index (χ0v) is 13.5. The molecule has 0 saturated heterocycles. The molecule has 0 fully saturated rings. The van der Waals surface area contributed by atoms with Gasteiger partial charge in [0.05, 0.1) is 0 Å². The van der Waals surface area contributed by atoms with Gasteiger partial charge in [0, 0.05) is 38.4 Å². The van der Waals surface area contributed by atoms with Crippen LogP contribution in [0.3, 0.4) is 0 Å². The molecular weight excluding hydrogens is 311 g/mol. The molecule has 19 heavy (non-hydrogen) atoms. The van der Waals surface area contributed by atoms with Crippen LogP contribution in [-0.4, -0.2) is 5.91 Å². The average Bonchev–Trinajstić information content (AvgIpc) is 2.39. The van der Waals surface area contributed by atoms with Gasteiger partial charge in [-0.25, -0.2) is 0 Å². The Kier molecular flexibility index (Phi) is 6.26. The summed E-state index contributed by atoms with van der Waals surface area (Å²) in [7, 11) is 0. The van der Waals surface area contributed by atoms with Crippen molar-refractivity contribution >= 4 is 11.6 Å². The topological polar surface area (TPSA) is 29.1 Å². The smallest absolute Gasteiger partial charge is 0.190 e. The zero-order valence-electron chi connectivity index (χ0n) is 10.7. The Labute approximate surface area is 139 Å². The molecule has 3 heteroatoms. The van der Waals surface area contributed by atoms with Gasteiger partial charge in [-0.05, 0) is 12.1 Å². The van der Waals surface area contributed by atoms with Gasteiger partial charge in [0.25, 0.3) is 0 Å². The fraction of sp³-hybridized carbons (Fsp3) is 0.0625. The number of carbonyl (C=O) groups is 1. The Morgan fingerprint density at radius 1 is 1.00 bits per heavy atom. The molecule has 2 rings (SSSR count). The molecule has 0 heterocycles. The Bertz CT molecular complexity index is 539. The second-order valence-corrected chi connectivity index (χ2v) is 4.11. The monoisotopic (exact) mass is 326 g/mol. The van der Waals surface area contributed by atoms with Crippen LogP contribution in [0.5, 0.6) is 0 Å². The molecule has 2 nitrogen and oxygen atoms in total. The first-order valence-electron chi connectivity index (χ1n) is 5.78. The molecule has 95 valence electrons. The van der Waals surface area contributed by atoms with Crippen molar-refractivity contribution < 1.29 is 37.5 Å². The summed E-state index contributed by atoms with van der Waals surface area (Å²) in [6, 6.07) is 16.9. The Morgan fingerprint density at radius 3 is 2.21 bits per heavy atom. The summed E-state index contributed by atoms with van der Waals surface area (Å²) >= 11 is 0. The van der Waals surface area contributed by atoms with Crippen LogP contribution in [0.2, 0.25) is 0 Å². The summed E-state index contributed by atoms with van der Waals surface area (Å²) in [5, 5.41) is 2.84. The number of hydrogen-bond acceptors (Lipinski definition) is 1. The Morgan fingerprint density at radius 2 is 1.58 bits per heavy atom. The molecule has 0 spiro atoms. The third kappa shape index (κ3) is 4.19. The number of para-hydroxylation sites is 1. The van der Waals surface area contributed by atoms with Crippen molar-refractivity contribution in [2.75, 3.05) is 5.32 Å². The van der Waals surface area contributed by atoms with Gasteiger partial charge in [0.2, 0.25) is 0 Å². The van der Waals surface area contributed by atoms with E-state index in [4.69, 9.17) is 0 Å². The molecule has 1 radical (unpaired) electrons. The molecule has 1 N–H and O–H groups in total. The van der Waals surface area contributed by atoms with Gasteiger partial charge in [0.15, 0.2) is 5.91 Å². The van der Waals surface area contributed by atoms with Crippen LogP contribution in [0.4, 0.5) is 5.69 Å². The van der Waals surface area contributed by atoms with Crippen LogP contribution in [0.1, 0.15) is 17.0 Å². The van der Waals surface area contributed by atoms with Crippen molar-refractivity contribution in [1.29, 1.82) is 0 Å². The average molecular weight is 326 g/mol. The summed E-state index contributed by atoms with van der Waals surface area (Å²) in [6.07, 6.45) is 0. The largest absolute Gasteiger partial charge is 0.338 e. The van der Waals surface area contributed by atoms with E-state index < -0.39 is 5.92 Å². The SMILES string of the molecule is [CH2-]c1ccccc1C([CH2-])C(=O)Nc1ccccc1.[Y]. The summed E-state index contributed by atoms with van der Waals surface area (Å²) < 4.78 is 0. The van der Waals surface area contributed by atoms with E-state index in [1.54, 1.807) is 0 Å². The van der Waals surface area contributed by atoms with E-state index in [2.05, 4.69) is 19.2 Å². The second-order valence-electron chi connectivity index (χ2n) is 4.11. The fourth-order valence-electron chi connectivity index (χ4n) is 1.77. The van der Waals surface area contributed by atoms with Crippen molar-refractivity contribution in [2.45, 2.75) is 5.92 Å². The summed E-state index contributed by atoms with van der Waals surface area (Å²) in [4.78, 5) is 12.1. The minimum atomic E-state index is -0.459. The van der Waals surface area contributed by atoms with Crippen LogP contribution >= 0.6 is 0 Å². The molecule has 0 aliphatic rings. The minimum Gasteiger partial charge on any atom is -0.338 e. The van der Waals surface area contributed by atoms with Crippen molar-refractivity contribution in [3.63, 3.8) is 0 Å². The Balaban J connectivity index is 0.00000180. The molecule has 1 atom stereocenters. The number of hydrogen-bond donors (Lipinski definition) is 1. The van der Waals surface area contributed by atoms with Gasteiger partial charge in [-0.15, -0.1) is 18.1 Å². The molecule has 0 aliphatic heterocycles. The maximum atomic E-state index is 12.1. The molecule has 2 aromatic carbocycles. The van der Waals surface area contributed by atoms with Crippen molar-refractivity contribution in [1.82, 2.24) is 0 Å². The third-order valence-electron chi connectivity index (χ3n) is 2.79. The van der Waals surface area contributed by atoms with Crippen molar-refractivity contribution in [2.24, 2.45) is 0 Å². The number of nitrogens with one attached hydrogen (secondary N) is 1. The van der Waals surface area contributed by atoms with E-state index in [0.717, 1.165) is 16.8 Å². The minimum absolute atomic E-state index is 0. The summed E-state index contributed by atoms with van der Waals surface area (Å²) in [5.74, 6) is -0.587. The van der Waals surface area contributed by atoms with Gasteiger partial charge in [0.1, 0.15) is 0 Å². The fourth-order valence-corrected chi connectivity index (χ4v) is 1.77. The molecule has 1 unspecified atom stereocenters. The normalized spacial score (nSPS) is 11.2. The van der Waals surface area contributed by atoms with Crippen LogP contribution in [0.25, 0.3) is 0 Å². The van der Waals surface area contributed by atoms with Crippen LogP contribution in [0, 0.1) is 13.8 Å². The van der Waals surface area contributed by atoms with Crippen molar-refractivity contribution in [3.05, 3.63) is 79.6 Å². The molecule has 1 amide bonds. The number of benzene rings is 2. The van der Waals surface area contributed by atoms with Gasteiger partial charge >= 0.3 is 0 Å². The van der Waals surface area contributed by atoms with E-state index in [-0.39, 0.29) is 38.6 Å².